The molecule has 0 saturated carbocycles. The van der Waals surface area contributed by atoms with Crippen LogP contribution in [0.3, 0.4) is 0 Å². The van der Waals surface area contributed by atoms with E-state index in [1.807, 2.05) is 28.8 Å². The monoisotopic (exact) mass is 266 g/mol. The van der Waals surface area contributed by atoms with Gasteiger partial charge in [0.25, 0.3) is 0 Å². The molecule has 0 saturated heterocycles. The predicted octanol–water partition coefficient (Wildman–Crippen LogP) is 1.48. The molecule has 18 heavy (non-hydrogen) atoms. The maximum atomic E-state index is 11.3. The number of rotatable bonds is 5. The first-order valence-corrected chi connectivity index (χ1v) is 6.60. The Labute approximate surface area is 109 Å². The Morgan fingerprint density at radius 1 is 1.56 bits per heavy atom. The first kappa shape index (κ1) is 12.9. The number of fused-ring (bicyclic) bond motifs is 1. The van der Waals surface area contributed by atoms with E-state index in [2.05, 4.69) is 4.98 Å². The summed E-state index contributed by atoms with van der Waals surface area (Å²) in [6.07, 6.45) is 1.84. The second-order valence-electron chi connectivity index (χ2n) is 3.54. The van der Waals surface area contributed by atoms with Gasteiger partial charge in [0.1, 0.15) is 10.7 Å². The van der Waals surface area contributed by atoms with E-state index in [1.54, 1.807) is 6.92 Å². The molecule has 2 aromatic rings. The van der Waals surface area contributed by atoms with Gasteiger partial charge in [-0.1, -0.05) is 17.8 Å². The summed E-state index contributed by atoms with van der Waals surface area (Å²) in [6.45, 7) is 2.03. The average molecular weight is 266 g/mol. The third-order valence-corrected chi connectivity index (χ3v) is 3.35. The van der Waals surface area contributed by atoms with Crippen molar-refractivity contribution in [1.29, 1.82) is 0 Å². The Morgan fingerprint density at radius 2 is 2.39 bits per heavy atom. The number of nitrogens with zero attached hydrogens (tertiary/aromatic N) is 2. The minimum absolute atomic E-state index is 0.115. The van der Waals surface area contributed by atoms with E-state index in [-0.39, 0.29) is 18.3 Å². The summed E-state index contributed by atoms with van der Waals surface area (Å²) in [6, 6.07) is 5.60. The standard InChI is InChI=1S/C12H14N2O3S/c1-2-17-11(16)8-18-12-9(7-15)14-6-4-3-5-10(14)13-12/h3-6,15H,2,7-8H2,1H3. The summed E-state index contributed by atoms with van der Waals surface area (Å²) in [4.78, 5) is 15.7. The van der Waals surface area contributed by atoms with Crippen LogP contribution in [0.5, 0.6) is 0 Å². The van der Waals surface area contributed by atoms with E-state index in [1.165, 1.54) is 11.8 Å². The Hall–Kier alpha value is -1.53. The first-order chi connectivity index (χ1) is 8.76. The quantitative estimate of drug-likeness (QED) is 0.656. The van der Waals surface area contributed by atoms with Crippen LogP contribution in [0.1, 0.15) is 12.6 Å². The number of carbonyl (C=O) groups excluding carboxylic acids is 1. The smallest absolute Gasteiger partial charge is 0.316 e. The second kappa shape index (κ2) is 5.88. The van der Waals surface area contributed by atoms with E-state index in [4.69, 9.17) is 4.74 Å². The summed E-state index contributed by atoms with van der Waals surface area (Å²) in [5.74, 6) is -0.0755. The molecule has 96 valence electrons. The molecule has 2 rings (SSSR count). The molecule has 1 N–H and O–H groups in total. The summed E-state index contributed by atoms with van der Waals surface area (Å²) in [5, 5.41) is 10.0. The zero-order valence-electron chi connectivity index (χ0n) is 10.00. The minimum Gasteiger partial charge on any atom is -0.465 e. The summed E-state index contributed by atoms with van der Waals surface area (Å²) < 4.78 is 6.67. The van der Waals surface area contributed by atoms with Crippen LogP contribution in [-0.2, 0) is 16.1 Å². The number of aliphatic hydroxyl groups is 1. The maximum Gasteiger partial charge on any atom is 0.316 e. The molecule has 0 atom stereocenters. The zero-order chi connectivity index (χ0) is 13.0. The number of pyridine rings is 1. The highest BCUT2D eigenvalue weighted by Crippen LogP contribution is 2.23. The largest absolute Gasteiger partial charge is 0.465 e. The zero-order valence-corrected chi connectivity index (χ0v) is 10.8. The third kappa shape index (κ3) is 2.65. The van der Waals surface area contributed by atoms with Crippen molar-refractivity contribution < 1.29 is 14.6 Å². The van der Waals surface area contributed by atoms with E-state index in [9.17, 15) is 9.90 Å². The number of hydrogen-bond donors (Lipinski definition) is 1. The number of aromatic nitrogens is 2. The molecule has 2 heterocycles. The molecular weight excluding hydrogens is 252 g/mol. The van der Waals surface area contributed by atoms with Crippen LogP contribution in [0, 0.1) is 0 Å². The van der Waals surface area contributed by atoms with Crippen LogP contribution in [-0.4, -0.2) is 32.8 Å². The minimum atomic E-state index is -0.275. The highest BCUT2D eigenvalue weighted by atomic mass is 32.2. The number of esters is 1. The molecule has 0 unspecified atom stereocenters. The second-order valence-corrected chi connectivity index (χ2v) is 4.51. The first-order valence-electron chi connectivity index (χ1n) is 5.61. The number of aliphatic hydroxyl groups excluding tert-OH is 1. The van der Waals surface area contributed by atoms with E-state index in [0.29, 0.717) is 17.3 Å². The van der Waals surface area contributed by atoms with Crippen LogP contribution in [0.25, 0.3) is 5.65 Å². The molecule has 0 amide bonds. The lowest BCUT2D eigenvalue weighted by Crippen LogP contribution is -2.06. The SMILES string of the molecule is CCOC(=O)CSc1nc2ccccn2c1CO. The lowest BCUT2D eigenvalue weighted by Gasteiger charge is -2.01. The fourth-order valence-corrected chi connectivity index (χ4v) is 2.44. The average Bonchev–Trinajstić information content (AvgIpc) is 2.74. The van der Waals surface area contributed by atoms with Crippen molar-refractivity contribution >= 4 is 23.4 Å². The molecule has 2 aromatic heterocycles. The summed E-state index contributed by atoms with van der Waals surface area (Å²) in [7, 11) is 0. The van der Waals surface area contributed by atoms with Gasteiger partial charge in [-0.05, 0) is 19.1 Å². The van der Waals surface area contributed by atoms with Crippen molar-refractivity contribution in [3.8, 4) is 0 Å². The Balaban J connectivity index is 2.19. The molecule has 0 bridgehead atoms. The van der Waals surface area contributed by atoms with Crippen LogP contribution >= 0.6 is 11.8 Å². The van der Waals surface area contributed by atoms with E-state index < -0.39 is 0 Å². The molecule has 0 aliphatic carbocycles. The molecule has 6 heteroatoms. The fraction of sp³-hybridized carbons (Fsp3) is 0.333. The molecule has 0 fully saturated rings. The van der Waals surface area contributed by atoms with Crippen LogP contribution in [0.2, 0.25) is 0 Å². The van der Waals surface area contributed by atoms with Crippen molar-refractivity contribution in [3.63, 3.8) is 0 Å². The van der Waals surface area contributed by atoms with Gasteiger partial charge in [-0.15, -0.1) is 0 Å². The molecule has 0 aliphatic heterocycles. The third-order valence-electron chi connectivity index (χ3n) is 2.37. The number of ether oxygens (including phenoxy) is 1. The van der Waals surface area contributed by atoms with Gasteiger partial charge in [-0.25, -0.2) is 4.98 Å². The molecule has 0 spiro atoms. The van der Waals surface area contributed by atoms with Gasteiger partial charge < -0.3 is 14.2 Å². The highest BCUT2D eigenvalue weighted by Gasteiger charge is 2.13. The van der Waals surface area contributed by atoms with Gasteiger partial charge in [0.05, 0.1) is 24.7 Å². The fourth-order valence-electron chi connectivity index (χ4n) is 1.61. The van der Waals surface area contributed by atoms with Crippen molar-refractivity contribution in [2.24, 2.45) is 0 Å². The normalized spacial score (nSPS) is 10.8. The lowest BCUT2D eigenvalue weighted by atomic mass is 10.4. The van der Waals surface area contributed by atoms with Crippen LogP contribution in [0.4, 0.5) is 0 Å². The van der Waals surface area contributed by atoms with Crippen molar-refractivity contribution in [3.05, 3.63) is 30.1 Å². The number of hydrogen-bond acceptors (Lipinski definition) is 5. The van der Waals surface area contributed by atoms with Crippen LogP contribution in [0.15, 0.2) is 29.4 Å². The Bertz CT molecular complexity index is 553. The Kier molecular flexibility index (Phi) is 4.22. The van der Waals surface area contributed by atoms with Gasteiger partial charge in [-0.3, -0.25) is 4.79 Å². The lowest BCUT2D eigenvalue weighted by molar-refractivity contribution is -0.139. The molecule has 0 aromatic carbocycles. The summed E-state index contributed by atoms with van der Waals surface area (Å²) >= 11 is 1.28. The van der Waals surface area contributed by atoms with Gasteiger partial charge in [0, 0.05) is 6.20 Å². The number of carbonyl (C=O) groups is 1. The van der Waals surface area contributed by atoms with Crippen molar-refractivity contribution in [2.75, 3.05) is 12.4 Å². The Morgan fingerprint density at radius 3 is 3.11 bits per heavy atom. The number of imidazole rings is 1. The molecular formula is C12H14N2O3S. The predicted molar refractivity (Wildman–Crippen MR) is 68.5 cm³/mol. The highest BCUT2D eigenvalue weighted by molar-refractivity contribution is 7.99. The topological polar surface area (TPSA) is 63.8 Å². The maximum absolute atomic E-state index is 11.3. The van der Waals surface area contributed by atoms with Crippen molar-refractivity contribution in [1.82, 2.24) is 9.38 Å². The van der Waals surface area contributed by atoms with Gasteiger partial charge in [0.2, 0.25) is 0 Å². The van der Waals surface area contributed by atoms with E-state index in [0.717, 1.165) is 5.65 Å². The number of thioether (sulfide) groups is 1. The van der Waals surface area contributed by atoms with Crippen molar-refractivity contribution in [2.45, 2.75) is 18.6 Å². The molecule has 0 aliphatic rings. The van der Waals surface area contributed by atoms with Gasteiger partial charge in [-0.2, -0.15) is 0 Å². The summed E-state index contributed by atoms with van der Waals surface area (Å²) in [5.41, 5.74) is 1.45. The van der Waals surface area contributed by atoms with E-state index >= 15 is 0 Å². The van der Waals surface area contributed by atoms with Gasteiger partial charge >= 0.3 is 5.97 Å². The molecule has 0 radical (unpaired) electrons. The molecule has 5 nitrogen and oxygen atoms in total. The van der Waals surface area contributed by atoms with Gasteiger partial charge in [0.15, 0.2) is 0 Å². The van der Waals surface area contributed by atoms with Crippen LogP contribution < -0.4 is 0 Å².